The number of benzene rings is 3. The highest BCUT2D eigenvalue weighted by Gasteiger charge is 2.15. The van der Waals surface area contributed by atoms with Gasteiger partial charge in [0.1, 0.15) is 5.75 Å². The monoisotopic (exact) mass is 417 g/mol. The molecule has 0 saturated carbocycles. The van der Waals surface area contributed by atoms with Crippen molar-refractivity contribution in [1.82, 2.24) is 0 Å². The number of para-hydroxylation sites is 1. The third-order valence-electron chi connectivity index (χ3n) is 4.64. The van der Waals surface area contributed by atoms with Crippen LogP contribution in [0, 0.1) is 0 Å². The molecule has 0 unspecified atom stereocenters. The molecule has 3 aromatic carbocycles. The van der Waals surface area contributed by atoms with Gasteiger partial charge >= 0.3 is 0 Å². The van der Waals surface area contributed by atoms with Gasteiger partial charge in [-0.15, -0.1) is 0 Å². The van der Waals surface area contributed by atoms with Crippen molar-refractivity contribution >= 4 is 28.9 Å². The van der Waals surface area contributed by atoms with Crippen molar-refractivity contribution in [3.8, 4) is 5.75 Å². The molecule has 2 N–H and O–H groups in total. The van der Waals surface area contributed by atoms with Crippen LogP contribution in [0.25, 0.3) is 0 Å². The van der Waals surface area contributed by atoms with E-state index in [-0.39, 0.29) is 18.4 Å². The molecular formula is C25H27N3O3. The molecule has 0 aliphatic heterocycles. The van der Waals surface area contributed by atoms with Crippen molar-refractivity contribution < 1.29 is 14.3 Å². The lowest BCUT2D eigenvalue weighted by Gasteiger charge is -2.21. The van der Waals surface area contributed by atoms with Gasteiger partial charge in [0.15, 0.2) is 0 Å². The van der Waals surface area contributed by atoms with Crippen LogP contribution in [-0.4, -0.2) is 31.5 Å². The predicted molar refractivity (Wildman–Crippen MR) is 125 cm³/mol. The summed E-state index contributed by atoms with van der Waals surface area (Å²) in [6.45, 7) is 5.14. The fourth-order valence-corrected chi connectivity index (χ4v) is 3.15. The third kappa shape index (κ3) is 6.09. The number of hydrogen-bond acceptors (Lipinski definition) is 4. The van der Waals surface area contributed by atoms with Gasteiger partial charge in [-0.05, 0) is 62.4 Å². The summed E-state index contributed by atoms with van der Waals surface area (Å²) in [4.78, 5) is 26.9. The van der Waals surface area contributed by atoms with Crippen LogP contribution in [0.3, 0.4) is 0 Å². The Balaban J connectivity index is 1.56. The predicted octanol–water partition coefficient (Wildman–Crippen LogP) is 4.80. The lowest BCUT2D eigenvalue weighted by atomic mass is 10.1. The van der Waals surface area contributed by atoms with Gasteiger partial charge in [-0.2, -0.15) is 0 Å². The normalized spacial score (nSPS) is 10.3. The minimum Gasteiger partial charge on any atom is -0.494 e. The van der Waals surface area contributed by atoms with Crippen LogP contribution in [0.5, 0.6) is 5.75 Å². The quantitative estimate of drug-likeness (QED) is 0.525. The maximum atomic E-state index is 12.9. The van der Waals surface area contributed by atoms with Gasteiger partial charge in [-0.3, -0.25) is 9.59 Å². The van der Waals surface area contributed by atoms with Gasteiger partial charge in [0.25, 0.3) is 5.91 Å². The zero-order valence-electron chi connectivity index (χ0n) is 17.8. The minimum atomic E-state index is -0.180. The maximum absolute atomic E-state index is 12.9. The highest BCUT2D eigenvalue weighted by Crippen LogP contribution is 2.19. The number of carbonyl (C=O) groups excluding carboxylic acids is 2. The maximum Gasteiger partial charge on any atom is 0.258 e. The van der Waals surface area contributed by atoms with Crippen molar-refractivity contribution in [2.24, 2.45) is 0 Å². The Morgan fingerprint density at radius 2 is 1.61 bits per heavy atom. The van der Waals surface area contributed by atoms with Crippen molar-refractivity contribution in [1.29, 1.82) is 0 Å². The minimum absolute atomic E-state index is 0.0811. The van der Waals surface area contributed by atoms with Gasteiger partial charge in [0, 0.05) is 35.2 Å². The summed E-state index contributed by atoms with van der Waals surface area (Å²) in [7, 11) is 0. The summed E-state index contributed by atoms with van der Waals surface area (Å²) in [6.07, 6.45) is 0. The molecule has 6 heteroatoms. The van der Waals surface area contributed by atoms with E-state index >= 15 is 0 Å². The first-order valence-corrected chi connectivity index (χ1v) is 10.3. The fraction of sp³-hybridized carbons (Fsp3) is 0.200. The van der Waals surface area contributed by atoms with E-state index in [0.717, 1.165) is 17.1 Å². The van der Waals surface area contributed by atoms with Crippen LogP contribution in [0.15, 0.2) is 78.9 Å². The molecule has 3 rings (SSSR count). The van der Waals surface area contributed by atoms with Gasteiger partial charge < -0.3 is 20.3 Å². The second-order valence-corrected chi connectivity index (χ2v) is 6.82. The van der Waals surface area contributed by atoms with E-state index < -0.39 is 0 Å². The summed E-state index contributed by atoms with van der Waals surface area (Å²) in [5.74, 6) is 0.493. The van der Waals surface area contributed by atoms with Crippen LogP contribution in [0.4, 0.5) is 17.1 Å². The standard InChI is InChI=1S/C25H27N3O3/c1-3-28(22-10-6-5-7-11-22)25(30)19-13-15-20(16-14-19)27-24(29)18-26-21-9-8-12-23(17-21)31-4-2/h5-17,26H,3-4,18H2,1-2H3,(H,27,29). The smallest absolute Gasteiger partial charge is 0.258 e. The number of rotatable bonds is 9. The Morgan fingerprint density at radius 1 is 0.871 bits per heavy atom. The van der Waals surface area contributed by atoms with Gasteiger partial charge in [0.2, 0.25) is 5.91 Å². The topological polar surface area (TPSA) is 70.7 Å². The number of nitrogens with one attached hydrogen (secondary N) is 2. The zero-order valence-corrected chi connectivity index (χ0v) is 17.8. The lowest BCUT2D eigenvalue weighted by Crippen LogP contribution is -2.30. The first kappa shape index (κ1) is 21.9. The molecule has 31 heavy (non-hydrogen) atoms. The van der Waals surface area contributed by atoms with Crippen molar-refractivity contribution in [2.45, 2.75) is 13.8 Å². The van der Waals surface area contributed by atoms with Gasteiger partial charge in [0.05, 0.1) is 13.2 Å². The molecule has 0 atom stereocenters. The fourth-order valence-electron chi connectivity index (χ4n) is 3.15. The second-order valence-electron chi connectivity index (χ2n) is 6.82. The Hall–Kier alpha value is -3.80. The summed E-state index contributed by atoms with van der Waals surface area (Å²) in [5, 5.41) is 5.92. The van der Waals surface area contributed by atoms with Crippen LogP contribution in [0.1, 0.15) is 24.2 Å². The number of amides is 2. The molecule has 0 spiro atoms. The van der Waals surface area contributed by atoms with Crippen molar-refractivity contribution in [2.75, 3.05) is 35.2 Å². The number of nitrogens with zero attached hydrogens (tertiary/aromatic N) is 1. The average Bonchev–Trinajstić information content (AvgIpc) is 2.80. The zero-order chi connectivity index (χ0) is 22.1. The molecular weight excluding hydrogens is 390 g/mol. The molecule has 0 aromatic heterocycles. The molecule has 3 aromatic rings. The SMILES string of the molecule is CCOc1cccc(NCC(=O)Nc2ccc(C(=O)N(CC)c3ccccc3)cc2)c1. The molecule has 0 bridgehead atoms. The highest BCUT2D eigenvalue weighted by atomic mass is 16.5. The van der Waals surface area contributed by atoms with Crippen LogP contribution >= 0.6 is 0 Å². The first-order valence-electron chi connectivity index (χ1n) is 10.3. The molecule has 0 saturated heterocycles. The van der Waals surface area contributed by atoms with Crippen molar-refractivity contribution in [3.63, 3.8) is 0 Å². The molecule has 6 nitrogen and oxygen atoms in total. The second kappa shape index (κ2) is 10.8. The Kier molecular flexibility index (Phi) is 7.65. The number of ether oxygens (including phenoxy) is 1. The molecule has 0 aliphatic carbocycles. The molecule has 0 radical (unpaired) electrons. The third-order valence-corrected chi connectivity index (χ3v) is 4.64. The van der Waals surface area contributed by atoms with E-state index in [2.05, 4.69) is 10.6 Å². The highest BCUT2D eigenvalue weighted by molar-refractivity contribution is 6.06. The summed E-state index contributed by atoms with van der Waals surface area (Å²) in [5.41, 5.74) is 2.86. The largest absolute Gasteiger partial charge is 0.494 e. The van der Waals surface area contributed by atoms with E-state index in [9.17, 15) is 9.59 Å². The Bertz CT molecular complexity index is 1000. The molecule has 0 fully saturated rings. The molecule has 0 heterocycles. The van der Waals surface area contributed by atoms with Crippen LogP contribution < -0.4 is 20.3 Å². The Labute approximate surface area is 182 Å². The van der Waals surface area contributed by atoms with Gasteiger partial charge in [-0.25, -0.2) is 0 Å². The lowest BCUT2D eigenvalue weighted by molar-refractivity contribution is -0.114. The van der Waals surface area contributed by atoms with Crippen molar-refractivity contribution in [3.05, 3.63) is 84.4 Å². The summed E-state index contributed by atoms with van der Waals surface area (Å²) >= 11 is 0. The van der Waals surface area contributed by atoms with E-state index in [0.29, 0.717) is 24.4 Å². The van der Waals surface area contributed by atoms with Gasteiger partial charge in [-0.1, -0.05) is 24.3 Å². The van der Waals surface area contributed by atoms with E-state index in [1.807, 2.05) is 68.4 Å². The molecule has 2 amide bonds. The van der Waals surface area contributed by atoms with E-state index in [1.165, 1.54) is 0 Å². The number of anilines is 3. The average molecular weight is 418 g/mol. The Morgan fingerprint density at radius 3 is 2.29 bits per heavy atom. The van der Waals surface area contributed by atoms with Crippen LogP contribution in [0.2, 0.25) is 0 Å². The molecule has 160 valence electrons. The first-order chi connectivity index (χ1) is 15.1. The molecule has 0 aliphatic rings. The van der Waals surface area contributed by atoms with Crippen LogP contribution in [-0.2, 0) is 4.79 Å². The summed E-state index contributed by atoms with van der Waals surface area (Å²) in [6, 6.07) is 23.9. The number of carbonyl (C=O) groups is 2. The van der Waals surface area contributed by atoms with E-state index in [4.69, 9.17) is 4.74 Å². The van der Waals surface area contributed by atoms with E-state index in [1.54, 1.807) is 29.2 Å². The number of hydrogen-bond donors (Lipinski definition) is 2. The summed E-state index contributed by atoms with van der Waals surface area (Å²) < 4.78 is 5.46.